The van der Waals surface area contributed by atoms with Gasteiger partial charge in [-0.05, 0) is 43.7 Å². The highest BCUT2D eigenvalue weighted by Gasteiger charge is 2.20. The Hall–Kier alpha value is -2.74. The number of nitrogens with one attached hydrogen (secondary N) is 1. The van der Waals surface area contributed by atoms with Crippen LogP contribution in [0.2, 0.25) is 15.1 Å². The highest BCUT2D eigenvalue weighted by atomic mass is 35.5. The van der Waals surface area contributed by atoms with Crippen LogP contribution in [0, 0.1) is 6.92 Å². The van der Waals surface area contributed by atoms with Gasteiger partial charge in [0.1, 0.15) is 11.3 Å². The molecule has 1 amide bonds. The van der Waals surface area contributed by atoms with E-state index in [1.165, 1.54) is 31.2 Å². The van der Waals surface area contributed by atoms with E-state index in [1.54, 1.807) is 19.1 Å². The Morgan fingerprint density at radius 2 is 1.77 bits per heavy atom. The first-order valence-corrected chi connectivity index (χ1v) is 10.1. The summed E-state index contributed by atoms with van der Waals surface area (Å²) in [5.41, 5.74) is 0.845. The molecule has 1 unspecified atom stereocenters. The van der Waals surface area contributed by atoms with Gasteiger partial charge in [0.2, 0.25) is 0 Å². The Kier molecular flexibility index (Phi) is 7.10. The lowest BCUT2D eigenvalue weighted by Gasteiger charge is -2.15. The van der Waals surface area contributed by atoms with E-state index in [2.05, 4.69) is 5.32 Å². The summed E-state index contributed by atoms with van der Waals surface area (Å²) in [6.07, 6.45) is -1.13. The average Bonchev–Trinajstić information content (AvgIpc) is 2.69. The van der Waals surface area contributed by atoms with Crippen LogP contribution in [0.1, 0.15) is 12.5 Å². The number of rotatable bonds is 6. The smallest absolute Gasteiger partial charge is 0.344 e. The second-order valence-electron chi connectivity index (χ2n) is 6.56. The molecule has 3 rings (SSSR count). The maximum Gasteiger partial charge on any atom is 0.344 e. The molecule has 0 fully saturated rings. The number of benzene rings is 2. The van der Waals surface area contributed by atoms with Crippen molar-refractivity contribution in [2.75, 3.05) is 11.9 Å². The second kappa shape index (κ2) is 9.60. The number of fused-ring (bicyclic) bond motifs is 1. The quantitative estimate of drug-likeness (QED) is 0.300. The Labute approximate surface area is 191 Å². The maximum absolute atomic E-state index is 12.3. The molecule has 3 aromatic rings. The van der Waals surface area contributed by atoms with Crippen LogP contribution in [0.15, 0.2) is 45.6 Å². The number of anilines is 1. The number of amides is 1. The molecule has 162 valence electrons. The third kappa shape index (κ3) is 5.70. The maximum atomic E-state index is 12.3. The first-order valence-electron chi connectivity index (χ1n) is 8.96. The number of hydrogen-bond acceptors (Lipinski definition) is 6. The summed E-state index contributed by atoms with van der Waals surface area (Å²) < 4.78 is 15.6. The van der Waals surface area contributed by atoms with Gasteiger partial charge in [0, 0.05) is 17.5 Å². The van der Waals surface area contributed by atoms with Gasteiger partial charge in [-0.15, -0.1) is 0 Å². The van der Waals surface area contributed by atoms with Gasteiger partial charge in [-0.25, -0.2) is 9.59 Å². The summed E-state index contributed by atoms with van der Waals surface area (Å²) in [7, 11) is 0. The Bertz CT molecular complexity index is 1220. The summed E-state index contributed by atoms with van der Waals surface area (Å²) in [5.74, 6) is -1.08. The van der Waals surface area contributed by atoms with E-state index in [4.69, 9.17) is 48.7 Å². The minimum atomic E-state index is -1.13. The molecule has 0 aliphatic rings. The largest absolute Gasteiger partial charge is 0.482 e. The predicted molar refractivity (Wildman–Crippen MR) is 118 cm³/mol. The van der Waals surface area contributed by atoms with E-state index >= 15 is 0 Å². The van der Waals surface area contributed by atoms with Crippen molar-refractivity contribution in [2.45, 2.75) is 20.0 Å². The molecule has 0 saturated carbocycles. The third-order valence-electron chi connectivity index (χ3n) is 4.22. The molecular weight excluding hydrogens is 469 g/mol. The van der Waals surface area contributed by atoms with E-state index in [-0.39, 0.29) is 20.8 Å². The number of hydrogen-bond donors (Lipinski definition) is 1. The van der Waals surface area contributed by atoms with E-state index in [0.29, 0.717) is 11.3 Å². The van der Waals surface area contributed by atoms with Gasteiger partial charge in [-0.2, -0.15) is 0 Å². The van der Waals surface area contributed by atoms with Gasteiger partial charge in [0.15, 0.2) is 12.7 Å². The molecule has 0 spiro atoms. The van der Waals surface area contributed by atoms with Crippen LogP contribution >= 0.6 is 34.8 Å². The van der Waals surface area contributed by atoms with Crippen LogP contribution in [0.4, 0.5) is 5.69 Å². The monoisotopic (exact) mass is 483 g/mol. The molecule has 1 N–H and O–H groups in total. The van der Waals surface area contributed by atoms with Gasteiger partial charge in [0.05, 0.1) is 20.8 Å². The number of esters is 1. The normalized spacial score (nSPS) is 11.8. The Morgan fingerprint density at radius 3 is 2.52 bits per heavy atom. The number of ether oxygens (including phenoxy) is 2. The molecule has 10 heteroatoms. The molecule has 0 aliphatic carbocycles. The lowest BCUT2D eigenvalue weighted by atomic mass is 10.1. The summed E-state index contributed by atoms with van der Waals surface area (Å²) >= 11 is 17.8. The Balaban J connectivity index is 1.58. The van der Waals surface area contributed by atoms with Crippen molar-refractivity contribution in [1.29, 1.82) is 0 Å². The summed E-state index contributed by atoms with van der Waals surface area (Å²) in [6.45, 7) is 2.73. The van der Waals surface area contributed by atoms with Crippen molar-refractivity contribution < 1.29 is 23.5 Å². The van der Waals surface area contributed by atoms with Crippen molar-refractivity contribution in [2.24, 2.45) is 0 Å². The fourth-order valence-electron chi connectivity index (χ4n) is 2.67. The molecule has 7 nitrogen and oxygen atoms in total. The van der Waals surface area contributed by atoms with Gasteiger partial charge in [0.25, 0.3) is 5.91 Å². The lowest BCUT2D eigenvalue weighted by molar-refractivity contribution is -0.155. The van der Waals surface area contributed by atoms with E-state index < -0.39 is 30.2 Å². The fourth-order valence-corrected chi connectivity index (χ4v) is 3.27. The molecule has 1 heterocycles. The minimum absolute atomic E-state index is 0.183. The number of aryl methyl sites for hydroxylation is 1. The topological polar surface area (TPSA) is 94.8 Å². The van der Waals surface area contributed by atoms with Crippen LogP contribution in [0.5, 0.6) is 5.75 Å². The van der Waals surface area contributed by atoms with Gasteiger partial charge in [-0.3, -0.25) is 4.79 Å². The van der Waals surface area contributed by atoms with Crippen molar-refractivity contribution >= 4 is 63.3 Å². The Morgan fingerprint density at radius 1 is 1.06 bits per heavy atom. The minimum Gasteiger partial charge on any atom is -0.482 e. The van der Waals surface area contributed by atoms with Crippen LogP contribution in [0.3, 0.4) is 0 Å². The highest BCUT2D eigenvalue weighted by molar-refractivity contribution is 6.44. The SMILES string of the molecule is Cc1cc(=O)oc2cc(OCC(=O)OC(C)C(=O)Nc3cc(Cl)c(Cl)cc3Cl)ccc12. The number of carbonyl (C=O) groups excluding carboxylic acids is 2. The van der Waals surface area contributed by atoms with E-state index in [1.807, 2.05) is 0 Å². The van der Waals surface area contributed by atoms with Crippen molar-refractivity contribution in [3.05, 3.63) is 67.4 Å². The molecule has 2 aromatic carbocycles. The van der Waals surface area contributed by atoms with Gasteiger partial charge in [-0.1, -0.05) is 34.8 Å². The van der Waals surface area contributed by atoms with Gasteiger partial charge >= 0.3 is 11.6 Å². The second-order valence-corrected chi connectivity index (χ2v) is 7.78. The molecule has 1 atom stereocenters. The standard InChI is InChI=1S/C21H16Cl3NO6/c1-10-5-19(26)31-18-6-12(3-4-13(10)18)29-9-20(27)30-11(2)21(28)25-17-8-15(23)14(22)7-16(17)24/h3-8,11H,9H2,1-2H3,(H,25,28). The summed E-state index contributed by atoms with van der Waals surface area (Å²) in [6, 6.07) is 9.01. The predicted octanol–water partition coefficient (Wildman–Crippen LogP) is 5.01. The van der Waals surface area contributed by atoms with Crippen molar-refractivity contribution in [1.82, 2.24) is 0 Å². The van der Waals surface area contributed by atoms with Crippen LogP contribution in [0.25, 0.3) is 11.0 Å². The highest BCUT2D eigenvalue weighted by Crippen LogP contribution is 2.32. The van der Waals surface area contributed by atoms with E-state index in [0.717, 1.165) is 10.9 Å². The number of halogens is 3. The molecule has 0 bridgehead atoms. The zero-order chi connectivity index (χ0) is 22.7. The van der Waals surface area contributed by atoms with E-state index in [9.17, 15) is 14.4 Å². The van der Waals surface area contributed by atoms with Crippen molar-refractivity contribution in [3.63, 3.8) is 0 Å². The third-order valence-corrected chi connectivity index (χ3v) is 5.26. The number of carbonyl (C=O) groups is 2. The average molecular weight is 485 g/mol. The zero-order valence-electron chi connectivity index (χ0n) is 16.3. The molecule has 0 saturated heterocycles. The molecule has 31 heavy (non-hydrogen) atoms. The first-order chi connectivity index (χ1) is 14.6. The molecule has 0 radical (unpaired) electrons. The summed E-state index contributed by atoms with van der Waals surface area (Å²) in [4.78, 5) is 35.8. The first kappa shape index (κ1) is 22.9. The molecular formula is C21H16Cl3NO6. The molecule has 0 aliphatic heterocycles. The fraction of sp³-hybridized carbons (Fsp3) is 0.190. The van der Waals surface area contributed by atoms with Crippen LogP contribution < -0.4 is 15.7 Å². The van der Waals surface area contributed by atoms with Crippen LogP contribution in [-0.4, -0.2) is 24.6 Å². The van der Waals surface area contributed by atoms with Gasteiger partial charge < -0.3 is 19.2 Å². The lowest BCUT2D eigenvalue weighted by Crippen LogP contribution is -2.31. The summed E-state index contributed by atoms with van der Waals surface area (Å²) in [5, 5.41) is 3.90. The van der Waals surface area contributed by atoms with Crippen LogP contribution in [-0.2, 0) is 14.3 Å². The van der Waals surface area contributed by atoms with Crippen molar-refractivity contribution in [3.8, 4) is 5.75 Å². The molecule has 1 aromatic heterocycles. The zero-order valence-corrected chi connectivity index (χ0v) is 18.6.